The van der Waals surface area contributed by atoms with E-state index >= 15 is 0 Å². The lowest BCUT2D eigenvalue weighted by molar-refractivity contribution is -0.115. The maximum absolute atomic E-state index is 14.2. The molecule has 0 saturated heterocycles. The van der Waals surface area contributed by atoms with Crippen molar-refractivity contribution < 1.29 is 17.6 Å². The molecule has 3 rings (SSSR count). The Balaban J connectivity index is 1.99. The van der Waals surface area contributed by atoms with Gasteiger partial charge in [0.2, 0.25) is 15.9 Å². The number of anilines is 1. The normalized spacial score (nSPS) is 12.3. The third-order valence-electron chi connectivity index (χ3n) is 4.03. The first kappa shape index (κ1) is 20.2. The molecule has 0 spiro atoms. The van der Waals surface area contributed by atoms with Gasteiger partial charge in [-0.2, -0.15) is 5.10 Å². The van der Waals surface area contributed by atoms with E-state index in [0.717, 1.165) is 4.68 Å². The van der Waals surface area contributed by atoms with E-state index in [9.17, 15) is 17.6 Å². The van der Waals surface area contributed by atoms with E-state index in [-0.39, 0.29) is 27.9 Å². The van der Waals surface area contributed by atoms with Crippen molar-refractivity contribution in [1.82, 2.24) is 9.78 Å². The summed E-state index contributed by atoms with van der Waals surface area (Å²) in [6.07, 6.45) is 1.26. The molecule has 0 fully saturated rings. The zero-order valence-electron chi connectivity index (χ0n) is 15.1. The van der Waals surface area contributed by atoms with Crippen molar-refractivity contribution in [2.45, 2.75) is 31.0 Å². The van der Waals surface area contributed by atoms with Crippen molar-refractivity contribution in [2.24, 2.45) is 5.14 Å². The predicted octanol–water partition coefficient (Wildman–Crippen LogP) is 3.18. The highest BCUT2D eigenvalue weighted by atomic mass is 35.5. The summed E-state index contributed by atoms with van der Waals surface area (Å²) in [4.78, 5) is 12.1. The Labute approximate surface area is 166 Å². The number of sulfonamides is 1. The summed E-state index contributed by atoms with van der Waals surface area (Å²) in [6, 6.07) is 9.56. The molecule has 10 heteroatoms. The second-order valence-corrected chi connectivity index (χ2v) is 8.69. The number of nitrogens with one attached hydrogen (secondary N) is 1. The summed E-state index contributed by atoms with van der Waals surface area (Å²) in [7, 11) is -4.13. The Bertz CT molecular complexity index is 1170. The molecule has 0 bridgehead atoms. The molecule has 1 heterocycles. The summed E-state index contributed by atoms with van der Waals surface area (Å²) < 4.78 is 39.2. The molecule has 3 aromatic rings. The quantitative estimate of drug-likeness (QED) is 0.655. The lowest BCUT2D eigenvalue weighted by Crippen LogP contribution is -2.20. The molecule has 0 saturated carbocycles. The summed E-state index contributed by atoms with van der Waals surface area (Å²) in [5.41, 5.74) is 0.985. The number of amides is 1. The number of nitrogens with zero attached hydrogens (tertiary/aromatic N) is 2. The minimum atomic E-state index is -4.13. The van der Waals surface area contributed by atoms with Crippen LogP contribution in [0.3, 0.4) is 0 Å². The number of aromatic nitrogens is 2. The second-order valence-electron chi connectivity index (χ2n) is 6.75. The van der Waals surface area contributed by atoms with Gasteiger partial charge < -0.3 is 5.32 Å². The first-order chi connectivity index (χ1) is 12.9. The molecule has 3 N–H and O–H groups in total. The van der Waals surface area contributed by atoms with Crippen LogP contribution in [0.25, 0.3) is 10.9 Å². The van der Waals surface area contributed by atoms with Gasteiger partial charge in [0.05, 0.1) is 16.8 Å². The van der Waals surface area contributed by atoms with Gasteiger partial charge >= 0.3 is 0 Å². The highest BCUT2D eigenvalue weighted by Gasteiger charge is 2.23. The molecular weight excluding hydrogens is 407 g/mol. The van der Waals surface area contributed by atoms with Crippen LogP contribution in [-0.4, -0.2) is 24.1 Å². The lowest BCUT2D eigenvalue weighted by atomic mass is 10.1. The van der Waals surface area contributed by atoms with Crippen molar-refractivity contribution in [3.63, 3.8) is 0 Å². The van der Waals surface area contributed by atoms with Crippen LogP contribution in [-0.2, 0) is 27.0 Å². The van der Waals surface area contributed by atoms with Crippen LogP contribution >= 0.6 is 11.6 Å². The van der Waals surface area contributed by atoms with Crippen LogP contribution in [0, 0.1) is 0 Å². The monoisotopic (exact) mass is 424 g/mol. The van der Waals surface area contributed by atoms with Crippen LogP contribution in [0.4, 0.5) is 10.1 Å². The molecular formula is C18H18ClFN4O3S. The second kappa shape index (κ2) is 7.16. The third kappa shape index (κ3) is 4.32. The van der Waals surface area contributed by atoms with Gasteiger partial charge in [-0.1, -0.05) is 29.8 Å². The fraction of sp³-hybridized carbons (Fsp3) is 0.222. The minimum absolute atomic E-state index is 0.00558. The third-order valence-corrected chi connectivity index (χ3v) is 5.35. The number of primary sulfonamides is 1. The van der Waals surface area contributed by atoms with Gasteiger partial charge in [0.15, 0.2) is 5.79 Å². The Morgan fingerprint density at radius 3 is 2.61 bits per heavy atom. The number of hydrogen-bond acceptors (Lipinski definition) is 4. The van der Waals surface area contributed by atoms with E-state index in [1.165, 1.54) is 32.2 Å². The summed E-state index contributed by atoms with van der Waals surface area (Å²) in [6.45, 7) is 2.56. The van der Waals surface area contributed by atoms with Crippen LogP contribution in [0.5, 0.6) is 0 Å². The van der Waals surface area contributed by atoms with E-state index in [1.54, 1.807) is 24.3 Å². The molecule has 0 aliphatic carbocycles. The van der Waals surface area contributed by atoms with Crippen LogP contribution in [0.2, 0.25) is 5.02 Å². The maximum Gasteiger partial charge on any atom is 0.238 e. The molecule has 28 heavy (non-hydrogen) atoms. The van der Waals surface area contributed by atoms with E-state index in [1.807, 2.05) is 0 Å². The van der Waals surface area contributed by atoms with Gasteiger partial charge in [0, 0.05) is 22.3 Å². The van der Waals surface area contributed by atoms with E-state index in [0.29, 0.717) is 10.6 Å². The van der Waals surface area contributed by atoms with Gasteiger partial charge in [0.1, 0.15) is 0 Å². The fourth-order valence-electron chi connectivity index (χ4n) is 2.69. The predicted molar refractivity (Wildman–Crippen MR) is 105 cm³/mol. The van der Waals surface area contributed by atoms with Crippen LogP contribution < -0.4 is 10.5 Å². The van der Waals surface area contributed by atoms with Crippen molar-refractivity contribution in [2.75, 3.05) is 5.32 Å². The molecule has 0 radical (unpaired) electrons. The van der Waals surface area contributed by atoms with E-state index < -0.39 is 21.7 Å². The van der Waals surface area contributed by atoms with Crippen molar-refractivity contribution in [3.05, 3.63) is 53.2 Å². The minimum Gasteiger partial charge on any atom is -0.326 e. The Morgan fingerprint density at radius 2 is 2.00 bits per heavy atom. The molecule has 2 aromatic carbocycles. The first-order valence-electron chi connectivity index (χ1n) is 8.24. The zero-order chi connectivity index (χ0) is 20.7. The number of hydrogen-bond donors (Lipinski definition) is 2. The Hall–Kier alpha value is -2.49. The number of halogens is 2. The molecule has 1 aromatic heterocycles. The SMILES string of the molecule is CC(C)(F)n1cc2c(S(N)(=O)=O)cc(NC(=O)Cc3ccccc3Cl)cc2n1. The van der Waals surface area contributed by atoms with E-state index in [2.05, 4.69) is 10.4 Å². The highest BCUT2D eigenvalue weighted by Crippen LogP contribution is 2.29. The highest BCUT2D eigenvalue weighted by molar-refractivity contribution is 7.89. The van der Waals surface area contributed by atoms with Crippen molar-refractivity contribution >= 4 is 44.1 Å². The first-order valence-corrected chi connectivity index (χ1v) is 10.2. The van der Waals surface area contributed by atoms with Crippen molar-refractivity contribution in [1.29, 1.82) is 0 Å². The fourth-order valence-corrected chi connectivity index (χ4v) is 3.65. The van der Waals surface area contributed by atoms with Crippen LogP contribution in [0.15, 0.2) is 47.5 Å². The molecule has 1 amide bonds. The number of fused-ring (bicyclic) bond motifs is 1. The van der Waals surface area contributed by atoms with Gasteiger partial charge in [0.25, 0.3) is 0 Å². The molecule has 0 aliphatic rings. The molecule has 0 aliphatic heterocycles. The largest absolute Gasteiger partial charge is 0.326 e. The summed E-state index contributed by atoms with van der Waals surface area (Å²) in [5, 5.41) is 12.6. The average Bonchev–Trinajstić information content (AvgIpc) is 2.99. The number of benzene rings is 2. The zero-order valence-corrected chi connectivity index (χ0v) is 16.7. The van der Waals surface area contributed by atoms with Crippen molar-refractivity contribution in [3.8, 4) is 0 Å². The number of rotatable bonds is 5. The molecule has 7 nitrogen and oxygen atoms in total. The number of carbonyl (C=O) groups excluding carboxylic acids is 1. The van der Waals surface area contributed by atoms with Gasteiger partial charge in [-0.05, 0) is 37.6 Å². The van der Waals surface area contributed by atoms with Gasteiger partial charge in [-0.15, -0.1) is 0 Å². The molecule has 148 valence electrons. The standard InChI is InChI=1S/C18H18ClFN4O3S/c1-18(2,20)24-10-13-15(23-24)8-12(9-16(13)28(21,26)27)22-17(25)7-11-5-3-4-6-14(11)19/h3-6,8-10H,7H2,1-2H3,(H,22,25)(H2,21,26,27). The summed E-state index contributed by atoms with van der Waals surface area (Å²) in [5.74, 6) is -2.25. The maximum atomic E-state index is 14.2. The van der Waals surface area contributed by atoms with Crippen LogP contribution in [0.1, 0.15) is 19.4 Å². The average molecular weight is 425 g/mol. The topological polar surface area (TPSA) is 107 Å². The lowest BCUT2D eigenvalue weighted by Gasteiger charge is -2.13. The molecule has 0 unspecified atom stereocenters. The van der Waals surface area contributed by atoms with E-state index in [4.69, 9.17) is 16.7 Å². The summed E-state index contributed by atoms with van der Waals surface area (Å²) >= 11 is 6.06. The number of nitrogens with two attached hydrogens (primary N) is 1. The molecule has 0 atom stereocenters. The number of alkyl halides is 1. The van der Waals surface area contributed by atoms with Gasteiger partial charge in [-0.25, -0.2) is 22.6 Å². The van der Waals surface area contributed by atoms with Gasteiger partial charge in [-0.3, -0.25) is 4.79 Å². The number of carbonyl (C=O) groups is 1. The smallest absolute Gasteiger partial charge is 0.238 e. The Morgan fingerprint density at radius 1 is 1.32 bits per heavy atom. The Kier molecular flexibility index (Phi) is 5.18.